The van der Waals surface area contributed by atoms with Crippen molar-refractivity contribution in [2.75, 3.05) is 19.0 Å². The molecule has 0 aliphatic carbocycles. The van der Waals surface area contributed by atoms with Gasteiger partial charge in [-0.15, -0.1) is 5.10 Å². The van der Waals surface area contributed by atoms with Crippen LogP contribution in [0.4, 0.5) is 5.82 Å². The van der Waals surface area contributed by atoms with Crippen LogP contribution in [-0.2, 0) is 6.54 Å². The van der Waals surface area contributed by atoms with E-state index >= 15 is 0 Å². The van der Waals surface area contributed by atoms with Gasteiger partial charge in [-0.2, -0.15) is 9.50 Å². The van der Waals surface area contributed by atoms with E-state index in [1.54, 1.807) is 17.9 Å². The maximum Gasteiger partial charge on any atom is 0.255 e. The molecule has 0 spiro atoms. The molecular formula is C21H23N5O3. The molecule has 150 valence electrons. The van der Waals surface area contributed by atoms with Crippen LogP contribution in [0.3, 0.4) is 0 Å². The quantitative estimate of drug-likeness (QED) is 0.507. The largest absolute Gasteiger partial charge is 0.493 e. The second kappa shape index (κ2) is 7.83. The molecule has 4 rings (SSSR count). The lowest BCUT2D eigenvalue weighted by molar-refractivity contribution is 0.310. The number of benzene rings is 1. The smallest absolute Gasteiger partial charge is 0.255 e. The van der Waals surface area contributed by atoms with E-state index in [-0.39, 0.29) is 0 Å². The molecule has 0 atom stereocenters. The third-order valence-corrected chi connectivity index (χ3v) is 4.70. The highest BCUT2D eigenvalue weighted by Gasteiger charge is 2.16. The van der Waals surface area contributed by atoms with Gasteiger partial charge in [-0.25, -0.2) is 4.98 Å². The molecule has 0 fully saturated rings. The first-order valence-electron chi connectivity index (χ1n) is 9.42. The number of fused-ring (bicyclic) bond motifs is 1. The van der Waals surface area contributed by atoms with E-state index in [1.807, 2.05) is 51.1 Å². The van der Waals surface area contributed by atoms with Crippen molar-refractivity contribution in [3.63, 3.8) is 0 Å². The molecule has 0 saturated carbocycles. The van der Waals surface area contributed by atoms with E-state index in [0.717, 1.165) is 28.4 Å². The Balaban J connectivity index is 1.66. The molecular weight excluding hydrogens is 370 g/mol. The van der Waals surface area contributed by atoms with Crippen molar-refractivity contribution < 1.29 is 13.9 Å². The molecule has 0 saturated heterocycles. The van der Waals surface area contributed by atoms with Crippen molar-refractivity contribution in [3.05, 3.63) is 53.4 Å². The summed E-state index contributed by atoms with van der Waals surface area (Å²) in [6.07, 6.45) is 1.60. The highest BCUT2D eigenvalue weighted by molar-refractivity contribution is 5.57. The lowest BCUT2D eigenvalue weighted by atomic mass is 10.2. The molecule has 8 heteroatoms. The zero-order chi connectivity index (χ0) is 20.4. The lowest BCUT2D eigenvalue weighted by Gasteiger charge is -2.14. The number of nitrogens with one attached hydrogen (secondary N) is 1. The molecule has 0 bridgehead atoms. The summed E-state index contributed by atoms with van der Waals surface area (Å²) < 4.78 is 18.2. The summed E-state index contributed by atoms with van der Waals surface area (Å²) in [4.78, 5) is 9.05. The van der Waals surface area contributed by atoms with Gasteiger partial charge < -0.3 is 19.2 Å². The first-order chi connectivity index (χ1) is 14.1. The van der Waals surface area contributed by atoms with Crippen LogP contribution in [0.5, 0.6) is 11.5 Å². The summed E-state index contributed by atoms with van der Waals surface area (Å²) in [7, 11) is 1.64. The number of nitrogens with zero attached hydrogens (tertiary/aromatic N) is 4. The summed E-state index contributed by atoms with van der Waals surface area (Å²) in [6.45, 7) is 7.09. The maximum absolute atomic E-state index is 5.59. The predicted molar refractivity (Wildman–Crippen MR) is 109 cm³/mol. The molecule has 3 aromatic heterocycles. The minimum atomic E-state index is 0.498. The third kappa shape index (κ3) is 3.61. The molecule has 0 amide bonds. The average molecular weight is 393 g/mol. The van der Waals surface area contributed by atoms with Crippen molar-refractivity contribution in [1.82, 2.24) is 19.6 Å². The number of hydrogen-bond donors (Lipinski definition) is 1. The molecule has 8 nitrogen and oxygen atoms in total. The van der Waals surface area contributed by atoms with Crippen LogP contribution < -0.4 is 14.8 Å². The molecule has 4 aromatic rings. The second-order valence-corrected chi connectivity index (χ2v) is 6.57. The maximum atomic E-state index is 5.59. The van der Waals surface area contributed by atoms with Crippen LogP contribution in [0.15, 0.2) is 41.0 Å². The molecule has 0 aliphatic heterocycles. The predicted octanol–water partition coefficient (Wildman–Crippen LogP) is 4.02. The van der Waals surface area contributed by atoms with Crippen LogP contribution >= 0.6 is 0 Å². The van der Waals surface area contributed by atoms with Gasteiger partial charge in [0.2, 0.25) is 5.82 Å². The standard InChI is InChI=1S/C21H23N5O3/c1-5-28-16-9-8-15(11-18(16)27-4)12-22-20-13(2)14(3)23-21-24-19(25-26(20)21)17-7-6-10-29-17/h6-11,22H,5,12H2,1-4H3. The van der Waals surface area contributed by atoms with Gasteiger partial charge in [0.15, 0.2) is 17.3 Å². The highest BCUT2D eigenvalue weighted by atomic mass is 16.5. The van der Waals surface area contributed by atoms with Gasteiger partial charge in [-0.05, 0) is 50.6 Å². The first-order valence-corrected chi connectivity index (χ1v) is 9.42. The van der Waals surface area contributed by atoms with E-state index in [4.69, 9.17) is 13.9 Å². The Morgan fingerprint density at radius 1 is 1.14 bits per heavy atom. The molecule has 1 aromatic carbocycles. The number of rotatable bonds is 7. The lowest BCUT2D eigenvalue weighted by Crippen LogP contribution is -2.10. The number of anilines is 1. The fourth-order valence-corrected chi connectivity index (χ4v) is 3.09. The fraction of sp³-hybridized carbons (Fsp3) is 0.286. The van der Waals surface area contributed by atoms with Crippen LogP contribution in [-0.4, -0.2) is 33.3 Å². The number of furan rings is 1. The van der Waals surface area contributed by atoms with E-state index in [0.29, 0.717) is 36.3 Å². The van der Waals surface area contributed by atoms with E-state index in [1.165, 1.54) is 0 Å². The zero-order valence-electron chi connectivity index (χ0n) is 16.9. The van der Waals surface area contributed by atoms with Crippen molar-refractivity contribution in [3.8, 4) is 23.1 Å². The van der Waals surface area contributed by atoms with Crippen molar-refractivity contribution >= 4 is 11.6 Å². The van der Waals surface area contributed by atoms with E-state index < -0.39 is 0 Å². The van der Waals surface area contributed by atoms with Gasteiger partial charge in [0.25, 0.3) is 5.78 Å². The number of methoxy groups -OCH3 is 1. The van der Waals surface area contributed by atoms with E-state index in [9.17, 15) is 0 Å². The third-order valence-electron chi connectivity index (χ3n) is 4.70. The highest BCUT2D eigenvalue weighted by Crippen LogP contribution is 2.29. The first kappa shape index (κ1) is 18.8. The Kier molecular flexibility index (Phi) is 5.07. The van der Waals surface area contributed by atoms with Gasteiger partial charge in [-0.1, -0.05) is 6.07 Å². The van der Waals surface area contributed by atoms with E-state index in [2.05, 4.69) is 20.4 Å². The summed E-state index contributed by atoms with van der Waals surface area (Å²) in [5, 5.41) is 8.05. The topological polar surface area (TPSA) is 86.7 Å². The minimum Gasteiger partial charge on any atom is -0.493 e. The summed E-state index contributed by atoms with van der Waals surface area (Å²) in [5.74, 6) is 3.90. The van der Waals surface area contributed by atoms with Crippen LogP contribution in [0.2, 0.25) is 0 Å². The Bertz CT molecular complexity index is 1140. The molecule has 29 heavy (non-hydrogen) atoms. The Morgan fingerprint density at radius 3 is 2.72 bits per heavy atom. The average Bonchev–Trinajstić information content (AvgIpc) is 3.39. The Morgan fingerprint density at radius 2 is 2.00 bits per heavy atom. The molecule has 0 radical (unpaired) electrons. The van der Waals surface area contributed by atoms with Gasteiger partial charge >= 0.3 is 0 Å². The molecule has 0 unspecified atom stereocenters. The normalized spacial score (nSPS) is 11.0. The summed E-state index contributed by atoms with van der Waals surface area (Å²) >= 11 is 0. The van der Waals surface area contributed by atoms with Crippen molar-refractivity contribution in [1.29, 1.82) is 0 Å². The molecule has 1 N–H and O–H groups in total. The van der Waals surface area contributed by atoms with Crippen molar-refractivity contribution in [2.24, 2.45) is 0 Å². The number of aromatic nitrogens is 4. The Labute approximate surface area is 168 Å². The minimum absolute atomic E-state index is 0.498. The molecule has 3 heterocycles. The number of aryl methyl sites for hydroxylation is 1. The second-order valence-electron chi connectivity index (χ2n) is 6.57. The number of ether oxygens (including phenoxy) is 2. The van der Waals surface area contributed by atoms with Crippen molar-refractivity contribution in [2.45, 2.75) is 27.3 Å². The monoisotopic (exact) mass is 393 g/mol. The molecule has 0 aliphatic rings. The fourth-order valence-electron chi connectivity index (χ4n) is 3.09. The SMILES string of the molecule is CCOc1ccc(CNc2c(C)c(C)nc3nc(-c4ccco4)nn23)cc1OC. The van der Waals surface area contributed by atoms with Gasteiger partial charge in [0, 0.05) is 17.8 Å². The number of hydrogen-bond acceptors (Lipinski definition) is 7. The van der Waals surface area contributed by atoms with Crippen LogP contribution in [0, 0.1) is 13.8 Å². The Hall–Kier alpha value is -3.55. The zero-order valence-corrected chi connectivity index (χ0v) is 16.9. The summed E-state index contributed by atoms with van der Waals surface area (Å²) in [6, 6.07) is 9.53. The van der Waals surface area contributed by atoms with Gasteiger partial charge in [-0.3, -0.25) is 0 Å². The summed E-state index contributed by atoms with van der Waals surface area (Å²) in [5.41, 5.74) is 2.95. The van der Waals surface area contributed by atoms with Crippen LogP contribution in [0.1, 0.15) is 23.7 Å². The van der Waals surface area contributed by atoms with Crippen LogP contribution in [0.25, 0.3) is 17.4 Å². The van der Waals surface area contributed by atoms with Gasteiger partial charge in [0.05, 0.1) is 20.0 Å². The van der Waals surface area contributed by atoms with Gasteiger partial charge in [0.1, 0.15) is 5.82 Å².